The van der Waals surface area contributed by atoms with Crippen LogP contribution in [0.2, 0.25) is 0 Å². The van der Waals surface area contributed by atoms with Crippen LogP contribution in [0, 0.1) is 18.8 Å². The van der Waals surface area contributed by atoms with Crippen LogP contribution in [0.1, 0.15) is 23.4 Å². The second-order valence-electron chi connectivity index (χ2n) is 4.46. The molecule has 0 saturated heterocycles. The molecular weight excluding hydrogens is 252 g/mol. The number of aliphatic hydroxyl groups is 1. The summed E-state index contributed by atoms with van der Waals surface area (Å²) in [7, 11) is 1.90. The molecular formula is C16H18N2O2. The lowest BCUT2D eigenvalue weighted by Gasteiger charge is -2.08. The number of hydrogen-bond acceptors (Lipinski definition) is 3. The zero-order chi connectivity index (χ0) is 14.4. The highest BCUT2D eigenvalue weighted by Crippen LogP contribution is 2.18. The number of nitrogens with zero attached hydrogens (tertiary/aromatic N) is 2. The molecule has 2 aromatic rings. The normalized spacial score (nSPS) is 9.95. The first kappa shape index (κ1) is 14.2. The van der Waals surface area contributed by atoms with E-state index in [4.69, 9.17) is 9.84 Å². The molecule has 0 aliphatic heterocycles. The standard InChI is InChI=1S/C16H18N2O2/c1-13-11-15(18(2)17-13)12-20-16-9-4-3-7-14(16)8-5-6-10-19/h3-4,7,9,11,19H,6,10,12H2,1-2H3. The molecule has 0 spiro atoms. The Morgan fingerprint density at radius 2 is 2.15 bits per heavy atom. The number of rotatable bonds is 4. The molecule has 4 heteroatoms. The van der Waals surface area contributed by atoms with Gasteiger partial charge in [-0.3, -0.25) is 4.68 Å². The molecule has 1 aromatic carbocycles. The molecule has 1 N–H and O–H groups in total. The van der Waals surface area contributed by atoms with E-state index in [1.807, 2.05) is 49.0 Å². The van der Waals surface area contributed by atoms with Gasteiger partial charge in [0.05, 0.1) is 23.6 Å². The molecule has 20 heavy (non-hydrogen) atoms. The number of hydrogen-bond donors (Lipinski definition) is 1. The molecule has 0 aliphatic carbocycles. The maximum atomic E-state index is 8.76. The summed E-state index contributed by atoms with van der Waals surface area (Å²) >= 11 is 0. The van der Waals surface area contributed by atoms with Gasteiger partial charge in [0.25, 0.3) is 0 Å². The van der Waals surface area contributed by atoms with Gasteiger partial charge in [-0.2, -0.15) is 5.10 Å². The average Bonchev–Trinajstić information content (AvgIpc) is 2.76. The van der Waals surface area contributed by atoms with Gasteiger partial charge in [-0.15, -0.1) is 0 Å². The SMILES string of the molecule is Cc1cc(COc2ccccc2C#CCCO)n(C)n1. The van der Waals surface area contributed by atoms with Crippen molar-refractivity contribution in [1.82, 2.24) is 9.78 Å². The van der Waals surface area contributed by atoms with Crippen molar-refractivity contribution >= 4 is 0 Å². The van der Waals surface area contributed by atoms with Crippen molar-refractivity contribution in [3.05, 3.63) is 47.3 Å². The fourth-order valence-electron chi connectivity index (χ4n) is 1.86. The molecule has 104 valence electrons. The van der Waals surface area contributed by atoms with E-state index in [0.29, 0.717) is 13.0 Å². The van der Waals surface area contributed by atoms with E-state index in [2.05, 4.69) is 16.9 Å². The highest BCUT2D eigenvalue weighted by Gasteiger charge is 2.05. The number of aromatic nitrogens is 2. The quantitative estimate of drug-likeness (QED) is 0.865. The van der Waals surface area contributed by atoms with Crippen molar-refractivity contribution in [1.29, 1.82) is 0 Å². The summed E-state index contributed by atoms with van der Waals surface area (Å²) in [6.45, 7) is 2.48. The van der Waals surface area contributed by atoms with E-state index in [9.17, 15) is 0 Å². The van der Waals surface area contributed by atoms with Gasteiger partial charge in [0.1, 0.15) is 12.4 Å². The van der Waals surface area contributed by atoms with E-state index in [1.54, 1.807) is 0 Å². The summed E-state index contributed by atoms with van der Waals surface area (Å²) in [6.07, 6.45) is 0.468. The third-order valence-electron chi connectivity index (χ3n) is 2.82. The molecule has 0 radical (unpaired) electrons. The summed E-state index contributed by atoms with van der Waals surface area (Å²) in [4.78, 5) is 0. The Morgan fingerprint density at radius 1 is 1.35 bits per heavy atom. The summed E-state index contributed by atoms with van der Waals surface area (Å²) in [5.41, 5.74) is 2.82. The van der Waals surface area contributed by atoms with Crippen molar-refractivity contribution in [3.63, 3.8) is 0 Å². The van der Waals surface area contributed by atoms with Gasteiger partial charge in [-0.05, 0) is 25.1 Å². The number of para-hydroxylation sites is 1. The fraction of sp³-hybridized carbons (Fsp3) is 0.312. The first-order valence-corrected chi connectivity index (χ1v) is 6.52. The average molecular weight is 270 g/mol. The predicted octanol–water partition coefficient (Wildman–Crippen LogP) is 2.04. The molecule has 2 rings (SSSR count). The fourth-order valence-corrected chi connectivity index (χ4v) is 1.86. The van der Waals surface area contributed by atoms with Crippen molar-refractivity contribution in [2.75, 3.05) is 6.61 Å². The molecule has 0 bridgehead atoms. The van der Waals surface area contributed by atoms with Crippen molar-refractivity contribution in [2.45, 2.75) is 20.0 Å². The third kappa shape index (κ3) is 3.62. The zero-order valence-corrected chi connectivity index (χ0v) is 11.8. The van der Waals surface area contributed by atoms with Crippen LogP contribution in [0.4, 0.5) is 0 Å². The molecule has 1 heterocycles. The Hall–Kier alpha value is -2.25. The molecule has 4 nitrogen and oxygen atoms in total. The van der Waals surface area contributed by atoms with Crippen molar-refractivity contribution < 1.29 is 9.84 Å². The number of benzene rings is 1. The van der Waals surface area contributed by atoms with Crippen LogP contribution in [0.25, 0.3) is 0 Å². The monoisotopic (exact) mass is 270 g/mol. The molecule has 0 saturated carbocycles. The van der Waals surface area contributed by atoms with Gasteiger partial charge in [-0.1, -0.05) is 24.0 Å². The van der Waals surface area contributed by atoms with Crippen LogP contribution >= 0.6 is 0 Å². The molecule has 0 atom stereocenters. The topological polar surface area (TPSA) is 47.3 Å². The van der Waals surface area contributed by atoms with E-state index in [1.165, 1.54) is 0 Å². The minimum Gasteiger partial charge on any atom is -0.486 e. The zero-order valence-electron chi connectivity index (χ0n) is 11.8. The maximum absolute atomic E-state index is 8.76. The van der Waals surface area contributed by atoms with Gasteiger partial charge < -0.3 is 9.84 Å². The van der Waals surface area contributed by atoms with Gasteiger partial charge in [0.15, 0.2) is 0 Å². The molecule has 0 fully saturated rings. The lowest BCUT2D eigenvalue weighted by molar-refractivity contribution is 0.294. The first-order chi connectivity index (χ1) is 9.70. The Kier molecular flexibility index (Phi) is 4.80. The highest BCUT2D eigenvalue weighted by molar-refractivity contribution is 5.45. The molecule has 0 unspecified atom stereocenters. The number of aryl methyl sites for hydroxylation is 2. The van der Waals surface area contributed by atoms with Gasteiger partial charge in [0, 0.05) is 13.5 Å². The largest absolute Gasteiger partial charge is 0.486 e. The predicted molar refractivity (Wildman–Crippen MR) is 77.3 cm³/mol. The minimum atomic E-state index is 0.0737. The van der Waals surface area contributed by atoms with Gasteiger partial charge in [-0.25, -0.2) is 0 Å². The Morgan fingerprint density at radius 3 is 2.85 bits per heavy atom. The number of aliphatic hydroxyl groups excluding tert-OH is 1. The second-order valence-corrected chi connectivity index (χ2v) is 4.46. The van der Waals surface area contributed by atoms with Crippen LogP contribution in [-0.2, 0) is 13.7 Å². The van der Waals surface area contributed by atoms with Gasteiger partial charge in [0.2, 0.25) is 0 Å². The Bertz CT molecular complexity index is 635. The van der Waals surface area contributed by atoms with E-state index >= 15 is 0 Å². The second kappa shape index (κ2) is 6.78. The van der Waals surface area contributed by atoms with E-state index in [0.717, 1.165) is 22.7 Å². The van der Waals surface area contributed by atoms with Crippen LogP contribution in [-0.4, -0.2) is 21.5 Å². The van der Waals surface area contributed by atoms with Gasteiger partial charge >= 0.3 is 0 Å². The van der Waals surface area contributed by atoms with Crippen molar-refractivity contribution in [2.24, 2.45) is 7.05 Å². The molecule has 0 amide bonds. The van der Waals surface area contributed by atoms with Crippen LogP contribution < -0.4 is 4.74 Å². The number of ether oxygens (including phenoxy) is 1. The smallest absolute Gasteiger partial charge is 0.135 e. The first-order valence-electron chi connectivity index (χ1n) is 6.52. The molecule has 1 aromatic heterocycles. The third-order valence-corrected chi connectivity index (χ3v) is 2.82. The summed E-state index contributed by atoms with van der Waals surface area (Å²) in [5, 5.41) is 13.0. The van der Waals surface area contributed by atoms with Crippen LogP contribution in [0.3, 0.4) is 0 Å². The lowest BCUT2D eigenvalue weighted by atomic mass is 10.2. The minimum absolute atomic E-state index is 0.0737. The maximum Gasteiger partial charge on any atom is 0.135 e. The Balaban J connectivity index is 2.10. The summed E-state index contributed by atoms with van der Waals surface area (Å²) < 4.78 is 7.64. The molecule has 0 aliphatic rings. The van der Waals surface area contributed by atoms with Crippen LogP contribution in [0.5, 0.6) is 5.75 Å². The Labute approximate surface area is 119 Å². The highest BCUT2D eigenvalue weighted by atomic mass is 16.5. The van der Waals surface area contributed by atoms with E-state index < -0.39 is 0 Å². The van der Waals surface area contributed by atoms with E-state index in [-0.39, 0.29) is 6.61 Å². The summed E-state index contributed by atoms with van der Waals surface area (Å²) in [5.74, 6) is 6.67. The summed E-state index contributed by atoms with van der Waals surface area (Å²) in [6, 6.07) is 9.64. The lowest BCUT2D eigenvalue weighted by Crippen LogP contribution is -2.03. The van der Waals surface area contributed by atoms with Crippen molar-refractivity contribution in [3.8, 4) is 17.6 Å². The van der Waals surface area contributed by atoms with Crippen LogP contribution in [0.15, 0.2) is 30.3 Å².